The molecule has 8 nitrogen and oxygen atoms in total. The van der Waals surface area contributed by atoms with Gasteiger partial charge in [-0.25, -0.2) is 8.42 Å². The molecule has 3 aromatic carbocycles. The van der Waals surface area contributed by atoms with Crippen molar-refractivity contribution in [2.75, 3.05) is 18.0 Å². The van der Waals surface area contributed by atoms with Crippen LogP contribution in [0, 0.1) is 0 Å². The minimum atomic E-state index is -4.15. The number of rotatable bonds is 11. The topological polar surface area (TPSA) is 96.0 Å². The summed E-state index contributed by atoms with van der Waals surface area (Å²) >= 11 is 5.99. The first-order valence-electron chi connectivity index (χ1n) is 12.9. The zero-order valence-electron chi connectivity index (χ0n) is 23.4. The monoisotopic (exact) mass is 585 g/mol. The fraction of sp³-hybridized carbons (Fsp3) is 0.333. The number of carbonyl (C=O) groups is 2. The van der Waals surface area contributed by atoms with Gasteiger partial charge in [0, 0.05) is 17.1 Å². The largest absolute Gasteiger partial charge is 0.497 e. The molecule has 40 heavy (non-hydrogen) atoms. The molecule has 0 aliphatic rings. The Bertz CT molecular complexity index is 1390. The van der Waals surface area contributed by atoms with Crippen molar-refractivity contribution in [2.45, 2.75) is 57.1 Å². The maximum atomic E-state index is 14.1. The van der Waals surface area contributed by atoms with E-state index in [9.17, 15) is 18.0 Å². The number of para-hydroxylation sites is 1. The number of anilines is 1. The number of nitrogens with one attached hydrogen (secondary N) is 1. The summed E-state index contributed by atoms with van der Waals surface area (Å²) in [6, 6.07) is 20.5. The Morgan fingerprint density at radius 1 is 0.950 bits per heavy atom. The van der Waals surface area contributed by atoms with Crippen LogP contribution in [0.4, 0.5) is 5.69 Å². The molecule has 0 spiro atoms. The number of nitrogens with zero attached hydrogens (tertiary/aromatic N) is 2. The van der Waals surface area contributed by atoms with Gasteiger partial charge >= 0.3 is 0 Å². The quantitative estimate of drug-likeness (QED) is 0.331. The normalized spacial score (nSPS) is 12.3. The van der Waals surface area contributed by atoms with E-state index in [0.717, 1.165) is 9.87 Å². The lowest BCUT2D eigenvalue weighted by molar-refractivity contribution is -0.141. The third-order valence-corrected chi connectivity index (χ3v) is 8.16. The molecule has 0 saturated heterocycles. The van der Waals surface area contributed by atoms with Crippen molar-refractivity contribution < 1.29 is 22.7 Å². The Balaban J connectivity index is 2.04. The molecule has 2 amide bonds. The first-order chi connectivity index (χ1) is 18.9. The van der Waals surface area contributed by atoms with E-state index in [0.29, 0.717) is 22.9 Å². The number of carbonyl (C=O) groups excluding carboxylic acids is 2. The summed E-state index contributed by atoms with van der Waals surface area (Å²) in [6.07, 6.45) is 0.332. The van der Waals surface area contributed by atoms with Gasteiger partial charge in [-0.15, -0.1) is 0 Å². The molecule has 214 valence electrons. The first-order valence-corrected chi connectivity index (χ1v) is 14.8. The summed E-state index contributed by atoms with van der Waals surface area (Å²) in [5, 5.41) is 3.35. The van der Waals surface area contributed by atoms with Crippen molar-refractivity contribution in [1.29, 1.82) is 0 Å². The highest BCUT2D eigenvalue weighted by atomic mass is 35.5. The number of hydrogen-bond acceptors (Lipinski definition) is 5. The van der Waals surface area contributed by atoms with Gasteiger partial charge in [0.2, 0.25) is 11.8 Å². The summed E-state index contributed by atoms with van der Waals surface area (Å²) in [5.74, 6) is -0.180. The average Bonchev–Trinajstić information content (AvgIpc) is 2.91. The van der Waals surface area contributed by atoms with Crippen molar-refractivity contribution in [3.05, 3.63) is 89.4 Å². The first kappa shape index (κ1) is 31.0. The van der Waals surface area contributed by atoms with Crippen LogP contribution in [0.2, 0.25) is 5.02 Å². The standard InChI is InChI=1S/C30H36ClN3O5S/c1-6-27(29(36)32-30(2,3)4)33(20-22-12-16-25(39-5)17-13-22)28(35)21-34(24-10-8-7-9-11-24)40(37,38)26-18-14-23(31)15-19-26/h7-19,27H,6,20-21H2,1-5H3,(H,32,36). The fourth-order valence-electron chi connectivity index (χ4n) is 4.16. The van der Waals surface area contributed by atoms with Crippen LogP contribution in [-0.4, -0.2) is 50.4 Å². The van der Waals surface area contributed by atoms with E-state index in [4.69, 9.17) is 16.3 Å². The van der Waals surface area contributed by atoms with Crippen molar-refractivity contribution in [3.63, 3.8) is 0 Å². The van der Waals surface area contributed by atoms with Gasteiger partial charge in [0.1, 0.15) is 18.3 Å². The third kappa shape index (κ3) is 7.99. The Hall–Kier alpha value is -3.56. The van der Waals surface area contributed by atoms with Gasteiger partial charge in [0.05, 0.1) is 17.7 Å². The lowest BCUT2D eigenvalue weighted by Crippen LogP contribution is -2.55. The van der Waals surface area contributed by atoms with Crippen LogP contribution in [0.5, 0.6) is 5.75 Å². The molecule has 3 aromatic rings. The molecule has 0 aliphatic heterocycles. The van der Waals surface area contributed by atoms with E-state index in [1.165, 1.54) is 29.2 Å². The molecule has 1 atom stereocenters. The molecule has 0 radical (unpaired) electrons. The zero-order valence-corrected chi connectivity index (χ0v) is 25.0. The van der Waals surface area contributed by atoms with Crippen LogP contribution in [0.1, 0.15) is 39.7 Å². The minimum absolute atomic E-state index is 0.00669. The molecule has 0 saturated carbocycles. The summed E-state index contributed by atoms with van der Waals surface area (Å²) < 4.78 is 33.9. The van der Waals surface area contributed by atoms with Crippen LogP contribution >= 0.6 is 11.6 Å². The molecule has 1 unspecified atom stereocenters. The number of amides is 2. The molecule has 0 bridgehead atoms. The predicted octanol–water partition coefficient (Wildman–Crippen LogP) is 5.27. The highest BCUT2D eigenvalue weighted by molar-refractivity contribution is 7.92. The molecular weight excluding hydrogens is 550 g/mol. The average molecular weight is 586 g/mol. The Kier molecular flexibility index (Phi) is 10.2. The number of sulfonamides is 1. The van der Waals surface area contributed by atoms with E-state index in [1.807, 2.05) is 39.8 Å². The lowest BCUT2D eigenvalue weighted by atomic mass is 10.1. The highest BCUT2D eigenvalue weighted by Crippen LogP contribution is 2.26. The van der Waals surface area contributed by atoms with E-state index < -0.39 is 34.1 Å². The van der Waals surface area contributed by atoms with Crippen LogP contribution in [0.25, 0.3) is 0 Å². The van der Waals surface area contributed by atoms with Crippen LogP contribution in [-0.2, 0) is 26.2 Å². The number of benzene rings is 3. The van der Waals surface area contributed by atoms with Crippen LogP contribution in [0.3, 0.4) is 0 Å². The van der Waals surface area contributed by atoms with Gasteiger partial charge in [-0.05, 0) is 81.3 Å². The molecule has 0 heterocycles. The van der Waals surface area contributed by atoms with Gasteiger partial charge in [-0.1, -0.05) is 48.9 Å². The van der Waals surface area contributed by atoms with Gasteiger partial charge in [0.15, 0.2) is 0 Å². The summed E-state index contributed by atoms with van der Waals surface area (Å²) in [6.45, 7) is 7.00. The van der Waals surface area contributed by atoms with Crippen LogP contribution < -0.4 is 14.4 Å². The molecule has 1 N–H and O–H groups in total. The predicted molar refractivity (Wildman–Crippen MR) is 158 cm³/mol. The van der Waals surface area contributed by atoms with Gasteiger partial charge < -0.3 is 15.0 Å². The Labute approximate surface area is 241 Å². The van der Waals surface area contributed by atoms with Crippen LogP contribution in [0.15, 0.2) is 83.8 Å². The van der Waals surface area contributed by atoms with Crippen molar-refractivity contribution in [1.82, 2.24) is 10.2 Å². The van der Waals surface area contributed by atoms with E-state index in [2.05, 4.69) is 5.32 Å². The fourth-order valence-corrected chi connectivity index (χ4v) is 5.70. The lowest BCUT2D eigenvalue weighted by Gasteiger charge is -2.34. The van der Waals surface area contributed by atoms with Crippen molar-refractivity contribution in [3.8, 4) is 5.75 Å². The minimum Gasteiger partial charge on any atom is -0.497 e. The second-order valence-electron chi connectivity index (χ2n) is 10.3. The zero-order chi connectivity index (χ0) is 29.5. The van der Waals surface area contributed by atoms with Gasteiger partial charge in [-0.2, -0.15) is 0 Å². The molecule has 0 aliphatic carbocycles. The molecular formula is C30H36ClN3O5S. The van der Waals surface area contributed by atoms with E-state index >= 15 is 0 Å². The summed E-state index contributed by atoms with van der Waals surface area (Å²) in [4.78, 5) is 28.8. The molecule has 10 heteroatoms. The SMILES string of the molecule is CCC(C(=O)NC(C)(C)C)N(Cc1ccc(OC)cc1)C(=O)CN(c1ccccc1)S(=O)(=O)c1ccc(Cl)cc1. The number of ether oxygens (including phenoxy) is 1. The third-order valence-electron chi connectivity index (χ3n) is 6.12. The second-order valence-corrected chi connectivity index (χ2v) is 12.6. The number of hydrogen-bond donors (Lipinski definition) is 1. The van der Waals surface area contributed by atoms with Crippen molar-refractivity contribution >= 4 is 39.1 Å². The Morgan fingerprint density at radius 3 is 2.08 bits per heavy atom. The summed E-state index contributed by atoms with van der Waals surface area (Å²) in [7, 11) is -2.59. The maximum absolute atomic E-state index is 14.1. The van der Waals surface area contributed by atoms with Gasteiger partial charge in [-0.3, -0.25) is 13.9 Å². The smallest absolute Gasteiger partial charge is 0.264 e. The highest BCUT2D eigenvalue weighted by Gasteiger charge is 2.34. The Morgan fingerprint density at radius 2 is 1.55 bits per heavy atom. The van der Waals surface area contributed by atoms with E-state index in [1.54, 1.807) is 49.6 Å². The summed E-state index contributed by atoms with van der Waals surface area (Å²) in [5.41, 5.74) is 0.568. The van der Waals surface area contributed by atoms with E-state index in [-0.39, 0.29) is 17.3 Å². The number of methoxy groups -OCH3 is 1. The molecule has 0 fully saturated rings. The molecule has 3 rings (SSSR count). The molecule has 0 aromatic heterocycles. The van der Waals surface area contributed by atoms with Crippen molar-refractivity contribution in [2.24, 2.45) is 0 Å². The number of halogens is 1. The second kappa shape index (κ2) is 13.2. The van der Waals surface area contributed by atoms with Gasteiger partial charge in [0.25, 0.3) is 10.0 Å². The maximum Gasteiger partial charge on any atom is 0.264 e.